The number of unbranched alkanes of at least 4 members (excludes halogenated alkanes) is 4. The molecule has 14 nitrogen and oxygen atoms in total. The highest BCUT2D eigenvalue weighted by molar-refractivity contribution is 5.96. The summed E-state index contributed by atoms with van der Waals surface area (Å²) in [7, 11) is 0. The van der Waals surface area contributed by atoms with Gasteiger partial charge in [0.25, 0.3) is 0 Å². The Kier molecular flexibility index (Phi) is 13.5. The third-order valence-electron chi connectivity index (χ3n) is 10.3. The van der Waals surface area contributed by atoms with Crippen molar-refractivity contribution in [3.8, 4) is 0 Å². The highest BCUT2D eigenvalue weighted by atomic mass is 16.8. The molecule has 8 atom stereocenters. The van der Waals surface area contributed by atoms with Crippen LogP contribution in [0.25, 0.3) is 6.08 Å². The number of nitrogens with zero attached hydrogens (tertiary/aromatic N) is 1. The second-order valence-electron chi connectivity index (χ2n) is 14.1. The van der Waals surface area contributed by atoms with E-state index in [1.54, 1.807) is 6.08 Å². The van der Waals surface area contributed by atoms with E-state index >= 15 is 0 Å². The average molecular weight is 718 g/mol. The first kappa shape index (κ1) is 39.1. The van der Waals surface area contributed by atoms with E-state index in [0.29, 0.717) is 12.8 Å². The van der Waals surface area contributed by atoms with E-state index in [2.05, 4.69) is 24.5 Å². The van der Waals surface area contributed by atoms with Crippen LogP contribution in [0.1, 0.15) is 89.7 Å². The number of fused-ring (bicyclic) bond motifs is 4. The van der Waals surface area contributed by atoms with Crippen LogP contribution in [-0.4, -0.2) is 113 Å². The van der Waals surface area contributed by atoms with Gasteiger partial charge in [-0.15, -0.1) is 0 Å². The van der Waals surface area contributed by atoms with Gasteiger partial charge in [0, 0.05) is 25.8 Å². The van der Waals surface area contributed by atoms with Gasteiger partial charge in [-0.2, -0.15) is 5.06 Å². The van der Waals surface area contributed by atoms with Gasteiger partial charge in [0.05, 0.1) is 32.1 Å². The molecule has 3 saturated heterocycles. The molecule has 0 aromatic heterocycles. The van der Waals surface area contributed by atoms with Gasteiger partial charge in [-0.1, -0.05) is 63.8 Å². The van der Waals surface area contributed by atoms with Crippen LogP contribution in [0.3, 0.4) is 0 Å². The lowest BCUT2D eigenvalue weighted by Gasteiger charge is -2.49. The first-order valence-corrected chi connectivity index (χ1v) is 18.5. The molecule has 51 heavy (non-hydrogen) atoms. The Balaban J connectivity index is 1.51. The number of benzene rings is 1. The van der Waals surface area contributed by atoms with E-state index in [-0.39, 0.29) is 39.3 Å². The lowest BCUT2D eigenvalue weighted by Crippen LogP contribution is -2.71. The van der Waals surface area contributed by atoms with Crippen molar-refractivity contribution in [3.05, 3.63) is 41.7 Å². The number of ether oxygens (including phenoxy) is 4. The monoisotopic (exact) mass is 717 g/mol. The van der Waals surface area contributed by atoms with Gasteiger partial charge in [-0.25, -0.2) is 0 Å². The van der Waals surface area contributed by atoms with E-state index in [1.807, 2.05) is 24.3 Å². The van der Waals surface area contributed by atoms with Crippen molar-refractivity contribution in [3.63, 3.8) is 0 Å². The minimum atomic E-state index is -1.55. The van der Waals surface area contributed by atoms with Crippen LogP contribution in [0.4, 0.5) is 0 Å². The van der Waals surface area contributed by atoms with E-state index < -0.39 is 71.6 Å². The van der Waals surface area contributed by atoms with Crippen molar-refractivity contribution >= 4 is 23.9 Å². The zero-order valence-electron chi connectivity index (χ0n) is 30.0. The Hall–Kier alpha value is -3.11. The van der Waals surface area contributed by atoms with E-state index in [9.17, 15) is 24.6 Å². The zero-order valence-corrected chi connectivity index (χ0v) is 30.0. The number of carbonyl (C=O) groups is 3. The minimum Gasteiger partial charge on any atom is -0.499 e. The van der Waals surface area contributed by atoms with Crippen molar-refractivity contribution in [1.82, 2.24) is 15.7 Å². The summed E-state index contributed by atoms with van der Waals surface area (Å²) in [6.07, 6.45) is 5.93. The standard InChI is InChI=1S/C37H55N3O11/c1-4-6-8-14-36(15-9-7-5-2)49-29-27-22-37(35(46)39-28(24(3)43)33(44)38-16-17-41)31(34(45)48-27)40(51-32(37)30(29)50-36)23-26-12-10-11-25(21-26)13-19-47-20-18-42/h10-13,19,21,24,27-32,41-43H,4-9,14-18,20,22-23H2,1-3H3,(H,38,44)(H,39,46)/t24-,27+,28+,29-,30-,31+,32+,37+/m0/s1. The SMILES string of the molecule is CCCCCC1(CCCCC)O[C@@H]2[C@H](O1)[C@H]1ON(Cc3cccc(C=COCCO)c3)[C@@H]3C(=O)O[C@@H]2C[C@]13C(=O)N[C@@H](C(=O)NCCO)[C@H](C)O. The number of esters is 1. The van der Waals surface area contributed by atoms with Crippen molar-refractivity contribution in [2.45, 2.75) is 133 Å². The van der Waals surface area contributed by atoms with Gasteiger partial charge < -0.3 is 44.9 Å². The van der Waals surface area contributed by atoms with Gasteiger partial charge >= 0.3 is 5.97 Å². The van der Waals surface area contributed by atoms with Crippen LogP contribution in [-0.2, 0) is 44.7 Å². The Morgan fingerprint density at radius 3 is 2.47 bits per heavy atom. The molecule has 4 aliphatic rings. The number of amides is 2. The molecule has 0 spiro atoms. The predicted molar refractivity (Wildman–Crippen MR) is 184 cm³/mol. The third kappa shape index (κ3) is 8.43. The van der Waals surface area contributed by atoms with Gasteiger partial charge in [-0.05, 0) is 37.0 Å². The normalized spacial score (nSPS) is 29.0. The molecule has 3 aliphatic heterocycles. The molecule has 1 aromatic rings. The van der Waals surface area contributed by atoms with E-state index in [0.717, 1.165) is 49.7 Å². The Labute approximate surface area is 299 Å². The average Bonchev–Trinajstić information content (AvgIpc) is 3.66. The fourth-order valence-electron chi connectivity index (χ4n) is 7.89. The van der Waals surface area contributed by atoms with E-state index in [1.165, 1.54) is 18.2 Å². The van der Waals surface area contributed by atoms with Crippen molar-refractivity contribution in [1.29, 1.82) is 0 Å². The molecule has 2 amide bonds. The lowest BCUT2D eigenvalue weighted by molar-refractivity contribution is -0.224. The van der Waals surface area contributed by atoms with Crippen LogP contribution >= 0.6 is 0 Å². The number of nitrogens with one attached hydrogen (secondary N) is 2. The molecule has 4 fully saturated rings. The van der Waals surface area contributed by atoms with Crippen LogP contribution in [0.5, 0.6) is 0 Å². The maximum atomic E-state index is 14.7. The number of hydrogen-bond acceptors (Lipinski definition) is 12. The topological polar surface area (TPSA) is 185 Å². The molecular formula is C37H55N3O11. The Morgan fingerprint density at radius 1 is 1.08 bits per heavy atom. The molecule has 1 aliphatic carbocycles. The second-order valence-corrected chi connectivity index (χ2v) is 14.1. The molecule has 5 N–H and O–H groups in total. The first-order valence-electron chi connectivity index (χ1n) is 18.5. The number of carbonyl (C=O) groups excluding carboxylic acids is 3. The van der Waals surface area contributed by atoms with Crippen LogP contribution in [0.15, 0.2) is 30.5 Å². The molecule has 5 rings (SSSR count). The van der Waals surface area contributed by atoms with Crippen LogP contribution < -0.4 is 10.6 Å². The number of aliphatic hydroxyl groups excluding tert-OH is 3. The third-order valence-corrected chi connectivity index (χ3v) is 10.3. The summed E-state index contributed by atoms with van der Waals surface area (Å²) < 4.78 is 25.1. The number of hydrogen-bond donors (Lipinski definition) is 5. The lowest BCUT2D eigenvalue weighted by atomic mass is 9.62. The Morgan fingerprint density at radius 2 is 1.80 bits per heavy atom. The maximum absolute atomic E-state index is 14.7. The molecule has 0 unspecified atom stereocenters. The van der Waals surface area contributed by atoms with Crippen LogP contribution in [0.2, 0.25) is 0 Å². The quantitative estimate of drug-likeness (QED) is 0.0753. The fraction of sp³-hybridized carbons (Fsp3) is 0.703. The summed E-state index contributed by atoms with van der Waals surface area (Å²) in [5.41, 5.74) is 0.0429. The number of aliphatic hydroxyl groups is 3. The van der Waals surface area contributed by atoms with Gasteiger partial charge in [0.15, 0.2) is 11.8 Å². The summed E-state index contributed by atoms with van der Waals surface area (Å²) in [5.74, 6) is -2.89. The van der Waals surface area contributed by atoms with Crippen molar-refractivity contribution in [2.24, 2.45) is 5.41 Å². The molecule has 0 radical (unpaired) electrons. The fourth-order valence-corrected chi connectivity index (χ4v) is 7.89. The summed E-state index contributed by atoms with van der Waals surface area (Å²) in [6, 6.07) is 4.95. The number of hydroxylamine groups is 2. The zero-order chi connectivity index (χ0) is 36.6. The van der Waals surface area contributed by atoms with Crippen LogP contribution in [0, 0.1) is 5.41 Å². The molecule has 284 valence electrons. The summed E-state index contributed by atoms with van der Waals surface area (Å²) in [5, 5.41) is 35.6. The minimum absolute atomic E-state index is 0.0610. The predicted octanol–water partition coefficient (Wildman–Crippen LogP) is 2.08. The Bertz CT molecular complexity index is 1360. The first-order chi connectivity index (χ1) is 24.6. The van der Waals surface area contributed by atoms with Gasteiger partial charge in [0.1, 0.15) is 42.5 Å². The second kappa shape index (κ2) is 17.6. The summed E-state index contributed by atoms with van der Waals surface area (Å²) >= 11 is 0. The van der Waals surface area contributed by atoms with Gasteiger partial charge in [-0.3, -0.25) is 19.2 Å². The van der Waals surface area contributed by atoms with Gasteiger partial charge in [0.2, 0.25) is 11.8 Å². The van der Waals surface area contributed by atoms with E-state index in [4.69, 9.17) is 28.9 Å². The molecule has 1 saturated carbocycles. The molecule has 1 aromatic carbocycles. The largest absolute Gasteiger partial charge is 0.499 e. The maximum Gasteiger partial charge on any atom is 0.327 e. The summed E-state index contributed by atoms with van der Waals surface area (Å²) in [6.45, 7) is 5.45. The molecule has 3 heterocycles. The van der Waals surface area contributed by atoms with Crippen molar-refractivity contribution < 1.29 is 53.5 Å². The highest BCUT2D eigenvalue weighted by Crippen LogP contribution is 2.58. The number of rotatable bonds is 20. The van der Waals surface area contributed by atoms with Crippen molar-refractivity contribution in [2.75, 3.05) is 26.4 Å². The molecule has 2 bridgehead atoms. The molecule has 14 heteroatoms. The highest BCUT2D eigenvalue weighted by Gasteiger charge is 2.76. The summed E-state index contributed by atoms with van der Waals surface area (Å²) in [4.78, 5) is 48.5. The smallest absolute Gasteiger partial charge is 0.327 e. The molecular weight excluding hydrogens is 662 g/mol.